The van der Waals surface area contributed by atoms with Crippen LogP contribution in [0.5, 0.6) is 11.5 Å². The molecule has 2 rings (SSSR count). The first-order valence-electron chi connectivity index (χ1n) is 8.43. The molecule has 1 atom stereocenters. The van der Waals surface area contributed by atoms with E-state index in [1.165, 1.54) is 13.2 Å². The molecule has 0 amide bonds. The highest BCUT2D eigenvalue weighted by Crippen LogP contribution is 2.18. The fourth-order valence-electron chi connectivity index (χ4n) is 2.41. The van der Waals surface area contributed by atoms with Crippen molar-refractivity contribution in [2.24, 2.45) is 0 Å². The van der Waals surface area contributed by atoms with Gasteiger partial charge in [0.2, 0.25) is 0 Å². The van der Waals surface area contributed by atoms with Crippen LogP contribution in [0, 0.1) is 0 Å². The van der Waals surface area contributed by atoms with E-state index in [1.807, 2.05) is 0 Å². The van der Waals surface area contributed by atoms with Crippen molar-refractivity contribution in [3.8, 4) is 11.5 Å². The molecule has 0 saturated heterocycles. The van der Waals surface area contributed by atoms with Crippen molar-refractivity contribution in [3.05, 3.63) is 59.7 Å². The summed E-state index contributed by atoms with van der Waals surface area (Å²) in [6.07, 6.45) is -0.00810. The zero-order valence-corrected chi connectivity index (χ0v) is 15.0. The Balaban J connectivity index is 1.75. The molecule has 0 aromatic heterocycles. The fraction of sp³-hybridized carbons (Fsp3) is 0.300. The number of carbonyl (C=O) groups is 2. The van der Waals surface area contributed by atoms with E-state index in [0.717, 1.165) is 5.56 Å². The molecular formula is C20H22O7. The highest BCUT2D eigenvalue weighted by Gasteiger charge is 2.16. The third-order valence-corrected chi connectivity index (χ3v) is 3.84. The Morgan fingerprint density at radius 3 is 2.26 bits per heavy atom. The van der Waals surface area contributed by atoms with Gasteiger partial charge in [-0.3, -0.25) is 0 Å². The smallest absolute Gasteiger partial charge is 0.339 e. The maximum absolute atomic E-state index is 11.1. The van der Waals surface area contributed by atoms with Gasteiger partial charge in [-0.15, -0.1) is 0 Å². The summed E-state index contributed by atoms with van der Waals surface area (Å²) in [6.45, 7) is 0.737. The molecule has 144 valence electrons. The lowest BCUT2D eigenvalue weighted by Gasteiger charge is -2.12. The Morgan fingerprint density at radius 1 is 0.963 bits per heavy atom. The summed E-state index contributed by atoms with van der Waals surface area (Å²) in [4.78, 5) is 22.1. The molecule has 7 heteroatoms. The van der Waals surface area contributed by atoms with Gasteiger partial charge in [-0.1, -0.05) is 24.3 Å². The first kappa shape index (κ1) is 20.3. The summed E-state index contributed by atoms with van der Waals surface area (Å²) in [6, 6.07) is 13.6. The number of hydrogen-bond donors (Lipinski definition) is 2. The average molecular weight is 374 g/mol. The van der Waals surface area contributed by atoms with Gasteiger partial charge in [0.15, 0.2) is 6.10 Å². The van der Waals surface area contributed by atoms with Crippen LogP contribution in [0.2, 0.25) is 0 Å². The van der Waals surface area contributed by atoms with Crippen LogP contribution in [-0.2, 0) is 16.0 Å². The minimum Gasteiger partial charge on any atom is -0.493 e. The summed E-state index contributed by atoms with van der Waals surface area (Å²) in [5.41, 5.74) is 0.968. The van der Waals surface area contributed by atoms with E-state index < -0.39 is 18.0 Å². The molecule has 0 aliphatic heterocycles. The van der Waals surface area contributed by atoms with Crippen LogP contribution >= 0.6 is 0 Å². The molecule has 2 aromatic carbocycles. The predicted molar refractivity (Wildman–Crippen MR) is 97.6 cm³/mol. The largest absolute Gasteiger partial charge is 0.493 e. The number of carboxylic acids is 2. The van der Waals surface area contributed by atoms with Gasteiger partial charge in [-0.25, -0.2) is 9.59 Å². The maximum atomic E-state index is 11.1. The number of ether oxygens (including phenoxy) is 3. The van der Waals surface area contributed by atoms with Crippen LogP contribution in [0.4, 0.5) is 0 Å². The van der Waals surface area contributed by atoms with Crippen LogP contribution in [-0.4, -0.2) is 48.6 Å². The predicted octanol–water partition coefficient (Wildman–Crippen LogP) is 2.87. The van der Waals surface area contributed by atoms with Gasteiger partial charge >= 0.3 is 11.9 Å². The Morgan fingerprint density at radius 2 is 1.63 bits per heavy atom. The van der Waals surface area contributed by atoms with Crippen molar-refractivity contribution in [3.63, 3.8) is 0 Å². The van der Waals surface area contributed by atoms with Crippen molar-refractivity contribution < 1.29 is 34.0 Å². The third kappa shape index (κ3) is 6.31. The number of benzene rings is 2. The van der Waals surface area contributed by atoms with Crippen molar-refractivity contribution in [2.75, 3.05) is 20.3 Å². The summed E-state index contributed by atoms with van der Waals surface area (Å²) in [5.74, 6) is -1.03. The fourth-order valence-corrected chi connectivity index (χ4v) is 2.41. The van der Waals surface area contributed by atoms with E-state index in [0.29, 0.717) is 31.1 Å². The summed E-state index contributed by atoms with van der Waals surface area (Å²) < 4.78 is 16.0. The van der Waals surface area contributed by atoms with E-state index in [1.54, 1.807) is 42.5 Å². The minimum atomic E-state index is -1.03. The van der Waals surface area contributed by atoms with Gasteiger partial charge in [0, 0.05) is 20.0 Å². The Labute approximate surface area is 157 Å². The molecule has 0 fully saturated rings. The van der Waals surface area contributed by atoms with E-state index in [9.17, 15) is 9.59 Å². The summed E-state index contributed by atoms with van der Waals surface area (Å²) in [7, 11) is 1.37. The van der Waals surface area contributed by atoms with Gasteiger partial charge in [-0.2, -0.15) is 0 Å². The van der Waals surface area contributed by atoms with E-state index in [-0.39, 0.29) is 12.0 Å². The highest BCUT2D eigenvalue weighted by molar-refractivity contribution is 5.90. The lowest BCUT2D eigenvalue weighted by atomic mass is 10.1. The SMILES string of the molecule is CO[C@@H](Cc1ccc(OCCCOc2ccccc2C(=O)O)cc1)C(=O)O. The molecule has 0 heterocycles. The van der Waals surface area contributed by atoms with Crippen LogP contribution in [0.1, 0.15) is 22.3 Å². The Kier molecular flexibility index (Phi) is 7.63. The first-order chi connectivity index (χ1) is 13.0. The van der Waals surface area contributed by atoms with Gasteiger partial charge in [0.05, 0.1) is 13.2 Å². The lowest BCUT2D eigenvalue weighted by Crippen LogP contribution is -2.24. The number of aliphatic carboxylic acids is 1. The second kappa shape index (κ2) is 10.2. The molecule has 2 aromatic rings. The van der Waals surface area contributed by atoms with Crippen molar-refractivity contribution in [2.45, 2.75) is 18.9 Å². The maximum Gasteiger partial charge on any atom is 0.339 e. The van der Waals surface area contributed by atoms with E-state index >= 15 is 0 Å². The number of aromatic carboxylic acids is 1. The van der Waals surface area contributed by atoms with Gasteiger partial charge in [0.25, 0.3) is 0 Å². The molecule has 0 saturated carbocycles. The normalized spacial score (nSPS) is 11.6. The molecule has 7 nitrogen and oxygen atoms in total. The van der Waals surface area contributed by atoms with Crippen molar-refractivity contribution in [1.82, 2.24) is 0 Å². The number of rotatable bonds is 11. The van der Waals surface area contributed by atoms with Crippen molar-refractivity contribution >= 4 is 11.9 Å². The number of hydrogen-bond acceptors (Lipinski definition) is 5. The van der Waals surface area contributed by atoms with Crippen LogP contribution in [0.3, 0.4) is 0 Å². The molecule has 0 aliphatic carbocycles. The molecular weight excluding hydrogens is 352 g/mol. The van der Waals surface area contributed by atoms with E-state index in [4.69, 9.17) is 24.4 Å². The van der Waals surface area contributed by atoms with Gasteiger partial charge in [0.1, 0.15) is 17.1 Å². The van der Waals surface area contributed by atoms with Crippen molar-refractivity contribution in [1.29, 1.82) is 0 Å². The summed E-state index contributed by atoms with van der Waals surface area (Å²) in [5, 5.41) is 18.1. The standard InChI is InChI=1S/C20H22O7/c1-25-18(20(23)24)13-14-7-9-15(10-8-14)26-11-4-12-27-17-6-3-2-5-16(17)19(21)22/h2-3,5-10,18H,4,11-13H2,1H3,(H,21,22)(H,23,24)/t18-/m0/s1. The zero-order valence-electron chi connectivity index (χ0n) is 15.0. The molecule has 27 heavy (non-hydrogen) atoms. The van der Waals surface area contributed by atoms with E-state index in [2.05, 4.69) is 0 Å². The average Bonchev–Trinajstić information content (AvgIpc) is 2.66. The lowest BCUT2D eigenvalue weighted by molar-refractivity contribution is -0.148. The quantitative estimate of drug-likeness (QED) is 0.583. The Hall–Kier alpha value is -3.06. The number of carboxylic acid groups (broad SMARTS) is 2. The monoisotopic (exact) mass is 374 g/mol. The van der Waals surface area contributed by atoms with Crippen LogP contribution in [0.25, 0.3) is 0 Å². The zero-order chi connectivity index (χ0) is 19.6. The van der Waals surface area contributed by atoms with Crippen LogP contribution in [0.15, 0.2) is 48.5 Å². The third-order valence-electron chi connectivity index (χ3n) is 3.84. The number of para-hydroxylation sites is 1. The molecule has 0 bridgehead atoms. The molecule has 0 unspecified atom stereocenters. The molecule has 0 spiro atoms. The number of methoxy groups -OCH3 is 1. The molecule has 0 radical (unpaired) electrons. The topological polar surface area (TPSA) is 102 Å². The highest BCUT2D eigenvalue weighted by atomic mass is 16.5. The first-order valence-corrected chi connectivity index (χ1v) is 8.43. The second-order valence-electron chi connectivity index (χ2n) is 5.76. The van der Waals surface area contributed by atoms with Gasteiger partial charge in [-0.05, 0) is 29.8 Å². The van der Waals surface area contributed by atoms with Gasteiger partial charge < -0.3 is 24.4 Å². The summed E-state index contributed by atoms with van der Waals surface area (Å²) >= 11 is 0. The second-order valence-corrected chi connectivity index (χ2v) is 5.76. The molecule has 2 N–H and O–H groups in total. The Bertz CT molecular complexity index is 755. The minimum absolute atomic E-state index is 0.129. The van der Waals surface area contributed by atoms with Crippen LogP contribution < -0.4 is 9.47 Å². The molecule has 0 aliphatic rings.